The number of primary amides is 1. The Labute approximate surface area is 167 Å². The Kier molecular flexibility index (Phi) is 5.74. The Hall–Kier alpha value is -3.53. The van der Waals surface area contributed by atoms with Gasteiger partial charge in [0.2, 0.25) is 5.91 Å². The predicted molar refractivity (Wildman–Crippen MR) is 109 cm³/mol. The summed E-state index contributed by atoms with van der Waals surface area (Å²) >= 11 is 0. The van der Waals surface area contributed by atoms with Crippen LogP contribution in [0.3, 0.4) is 0 Å². The summed E-state index contributed by atoms with van der Waals surface area (Å²) in [6, 6.07) is 11.6. The van der Waals surface area contributed by atoms with E-state index in [9.17, 15) is 13.2 Å². The van der Waals surface area contributed by atoms with Gasteiger partial charge in [-0.2, -0.15) is 13.5 Å². The van der Waals surface area contributed by atoms with E-state index in [-0.39, 0.29) is 17.2 Å². The lowest BCUT2D eigenvalue weighted by Gasteiger charge is -2.09. The van der Waals surface area contributed by atoms with Crippen molar-refractivity contribution >= 4 is 33.0 Å². The van der Waals surface area contributed by atoms with Gasteiger partial charge in [0.15, 0.2) is 11.5 Å². The molecule has 0 aliphatic rings. The number of nitrogens with zero attached hydrogens (tertiary/aromatic N) is 2. The number of benzene rings is 2. The molecule has 0 unspecified atom stereocenters. The number of amides is 1. The molecule has 29 heavy (non-hydrogen) atoms. The quantitative estimate of drug-likeness (QED) is 0.425. The third kappa shape index (κ3) is 4.32. The molecule has 3 aromatic rings. The lowest BCUT2D eigenvalue weighted by Crippen LogP contribution is -2.18. The van der Waals surface area contributed by atoms with Crippen LogP contribution in [0.25, 0.3) is 10.9 Å². The number of sulfonamides is 1. The monoisotopic (exact) mass is 416 g/mol. The number of aromatic nitrogens is 1. The van der Waals surface area contributed by atoms with Crippen LogP contribution in [0.4, 0.5) is 0 Å². The first-order valence-electron chi connectivity index (χ1n) is 8.49. The van der Waals surface area contributed by atoms with Crippen molar-refractivity contribution in [2.45, 2.75) is 11.4 Å². The highest BCUT2D eigenvalue weighted by Crippen LogP contribution is 2.29. The van der Waals surface area contributed by atoms with E-state index in [1.165, 1.54) is 38.6 Å². The minimum Gasteiger partial charge on any atom is -0.493 e. The van der Waals surface area contributed by atoms with Crippen LogP contribution in [0.2, 0.25) is 0 Å². The third-order valence-electron chi connectivity index (χ3n) is 4.19. The average molecular weight is 416 g/mol. The summed E-state index contributed by atoms with van der Waals surface area (Å²) in [7, 11) is -1.04. The van der Waals surface area contributed by atoms with Crippen LogP contribution in [-0.4, -0.2) is 39.3 Å². The molecule has 9 nitrogen and oxygen atoms in total. The highest BCUT2D eigenvalue weighted by Gasteiger charge is 2.16. The average Bonchev–Trinajstić information content (AvgIpc) is 3.04. The minimum absolute atomic E-state index is 0.00568. The molecule has 0 saturated carbocycles. The van der Waals surface area contributed by atoms with Gasteiger partial charge in [-0.25, -0.2) is 4.83 Å². The third-order valence-corrected chi connectivity index (χ3v) is 5.41. The molecular weight excluding hydrogens is 396 g/mol. The summed E-state index contributed by atoms with van der Waals surface area (Å²) in [5.74, 6) is 0.217. The molecule has 2 aromatic carbocycles. The van der Waals surface area contributed by atoms with Crippen molar-refractivity contribution in [2.24, 2.45) is 10.8 Å². The fourth-order valence-electron chi connectivity index (χ4n) is 2.88. The standard InChI is InChI=1S/C19H20N4O5S/c1-27-17-8-7-14(9-18(17)28-2)29(25,26)22-21-10-13-11-23(12-19(20)24)16-6-4-3-5-15(13)16/h3-11,22H,12H2,1-2H3,(H2,20,24)/b21-10+. The summed E-state index contributed by atoms with van der Waals surface area (Å²) in [5.41, 5.74) is 6.71. The van der Waals surface area contributed by atoms with Gasteiger partial charge in [-0.3, -0.25) is 4.79 Å². The number of ether oxygens (including phenoxy) is 2. The van der Waals surface area contributed by atoms with Gasteiger partial charge < -0.3 is 19.8 Å². The van der Waals surface area contributed by atoms with Gasteiger partial charge in [-0.05, 0) is 18.2 Å². The van der Waals surface area contributed by atoms with Crippen molar-refractivity contribution in [3.63, 3.8) is 0 Å². The number of fused-ring (bicyclic) bond motifs is 1. The molecule has 3 rings (SSSR count). The molecule has 152 valence electrons. The van der Waals surface area contributed by atoms with Crippen molar-refractivity contribution in [2.75, 3.05) is 14.2 Å². The van der Waals surface area contributed by atoms with Gasteiger partial charge in [0, 0.05) is 28.7 Å². The molecule has 0 bridgehead atoms. The molecular formula is C19H20N4O5S. The van der Waals surface area contributed by atoms with Crippen LogP contribution in [0.1, 0.15) is 5.56 Å². The first kappa shape index (κ1) is 20.2. The molecule has 10 heteroatoms. The van der Waals surface area contributed by atoms with E-state index in [1.54, 1.807) is 10.8 Å². The van der Waals surface area contributed by atoms with Gasteiger partial charge in [0.05, 0.1) is 25.3 Å². The zero-order valence-electron chi connectivity index (χ0n) is 15.8. The molecule has 0 spiro atoms. The lowest BCUT2D eigenvalue weighted by atomic mass is 10.2. The van der Waals surface area contributed by atoms with Crippen LogP contribution < -0.4 is 20.0 Å². The number of methoxy groups -OCH3 is 2. The van der Waals surface area contributed by atoms with E-state index in [2.05, 4.69) is 9.93 Å². The number of rotatable bonds is 8. The second kappa shape index (κ2) is 8.23. The molecule has 0 radical (unpaired) electrons. The number of hydrogen-bond acceptors (Lipinski definition) is 6. The van der Waals surface area contributed by atoms with E-state index >= 15 is 0 Å². The number of hydrogen-bond donors (Lipinski definition) is 2. The first-order valence-corrected chi connectivity index (χ1v) is 9.97. The molecule has 0 saturated heterocycles. The van der Waals surface area contributed by atoms with Gasteiger partial charge in [-0.15, -0.1) is 0 Å². The van der Waals surface area contributed by atoms with Crippen molar-refractivity contribution in [3.05, 3.63) is 54.2 Å². The Bertz CT molecular complexity index is 1180. The second-order valence-electron chi connectivity index (χ2n) is 6.07. The molecule has 0 aliphatic heterocycles. The van der Waals surface area contributed by atoms with E-state index in [0.717, 1.165) is 10.9 Å². The molecule has 0 atom stereocenters. The molecule has 0 fully saturated rings. The van der Waals surface area contributed by atoms with Gasteiger partial charge >= 0.3 is 0 Å². The predicted octanol–water partition coefficient (Wildman–Crippen LogP) is 1.46. The molecule has 1 aromatic heterocycles. The minimum atomic E-state index is -3.92. The van der Waals surface area contributed by atoms with Crippen molar-refractivity contribution in [3.8, 4) is 11.5 Å². The maximum Gasteiger partial charge on any atom is 0.276 e. The maximum atomic E-state index is 12.5. The number of nitrogens with one attached hydrogen (secondary N) is 1. The molecule has 1 amide bonds. The maximum absolute atomic E-state index is 12.5. The Morgan fingerprint density at radius 1 is 1.17 bits per heavy atom. The second-order valence-corrected chi connectivity index (χ2v) is 7.73. The number of carbonyl (C=O) groups is 1. The van der Waals surface area contributed by atoms with E-state index < -0.39 is 15.9 Å². The summed E-state index contributed by atoms with van der Waals surface area (Å²) < 4.78 is 37.0. The number of para-hydroxylation sites is 1. The zero-order valence-corrected chi connectivity index (χ0v) is 16.6. The Morgan fingerprint density at radius 2 is 1.90 bits per heavy atom. The fourth-order valence-corrected chi connectivity index (χ4v) is 3.68. The van der Waals surface area contributed by atoms with Crippen LogP contribution in [0.5, 0.6) is 11.5 Å². The highest BCUT2D eigenvalue weighted by atomic mass is 32.2. The topological polar surface area (TPSA) is 125 Å². The summed E-state index contributed by atoms with van der Waals surface area (Å²) in [5, 5.41) is 4.67. The van der Waals surface area contributed by atoms with Gasteiger partial charge in [-0.1, -0.05) is 18.2 Å². The smallest absolute Gasteiger partial charge is 0.276 e. The summed E-state index contributed by atoms with van der Waals surface area (Å²) in [6.07, 6.45) is 3.06. The largest absolute Gasteiger partial charge is 0.493 e. The highest BCUT2D eigenvalue weighted by molar-refractivity contribution is 7.89. The number of hydrazone groups is 1. The van der Waals surface area contributed by atoms with Gasteiger partial charge in [0.1, 0.15) is 6.54 Å². The normalized spacial score (nSPS) is 11.7. The van der Waals surface area contributed by atoms with E-state index in [0.29, 0.717) is 11.3 Å². The first-order chi connectivity index (χ1) is 13.9. The summed E-state index contributed by atoms with van der Waals surface area (Å²) in [6.45, 7) is 0.00568. The van der Waals surface area contributed by atoms with E-state index in [4.69, 9.17) is 15.2 Å². The fraction of sp³-hybridized carbons (Fsp3) is 0.158. The van der Waals surface area contributed by atoms with Crippen LogP contribution in [0.15, 0.2) is 58.7 Å². The van der Waals surface area contributed by atoms with Crippen LogP contribution in [0, 0.1) is 0 Å². The number of carbonyl (C=O) groups excluding carboxylic acids is 1. The molecule has 0 aliphatic carbocycles. The van der Waals surface area contributed by atoms with Crippen molar-refractivity contribution in [1.29, 1.82) is 0 Å². The SMILES string of the molecule is COc1ccc(S(=O)(=O)N/N=C/c2cn(CC(N)=O)c3ccccc23)cc1OC. The Morgan fingerprint density at radius 3 is 2.59 bits per heavy atom. The van der Waals surface area contributed by atoms with Crippen molar-refractivity contribution < 1.29 is 22.7 Å². The van der Waals surface area contributed by atoms with Crippen molar-refractivity contribution in [1.82, 2.24) is 9.40 Å². The molecule has 1 heterocycles. The number of nitrogens with two attached hydrogens (primary N) is 1. The zero-order chi connectivity index (χ0) is 21.0. The van der Waals surface area contributed by atoms with Crippen LogP contribution >= 0.6 is 0 Å². The summed E-state index contributed by atoms with van der Waals surface area (Å²) in [4.78, 5) is 13.4. The molecule has 3 N–H and O–H groups in total. The Balaban J connectivity index is 1.87. The van der Waals surface area contributed by atoms with Crippen LogP contribution in [-0.2, 0) is 21.4 Å². The lowest BCUT2D eigenvalue weighted by molar-refractivity contribution is -0.118. The van der Waals surface area contributed by atoms with Gasteiger partial charge in [0.25, 0.3) is 10.0 Å². The van der Waals surface area contributed by atoms with E-state index in [1.807, 2.05) is 24.3 Å².